The van der Waals surface area contributed by atoms with E-state index in [0.717, 1.165) is 26.1 Å². The van der Waals surface area contributed by atoms with Crippen LogP contribution < -0.4 is 4.65 Å². The molecule has 2 heterocycles. The molecule has 7 heteroatoms. The van der Waals surface area contributed by atoms with Crippen LogP contribution in [0, 0.1) is 0 Å². The van der Waals surface area contributed by atoms with Crippen LogP contribution >= 0.6 is 0 Å². The highest BCUT2D eigenvalue weighted by Gasteiger charge is 2.18. The van der Waals surface area contributed by atoms with E-state index in [4.69, 9.17) is 14.8 Å². The zero-order chi connectivity index (χ0) is 10.7. The molecule has 2 N–H and O–H groups in total. The van der Waals surface area contributed by atoms with Crippen LogP contribution in [-0.4, -0.2) is 40.4 Å². The summed E-state index contributed by atoms with van der Waals surface area (Å²) in [5.41, 5.74) is 0. The summed E-state index contributed by atoms with van der Waals surface area (Å²) >= 11 is 0. The molecule has 0 unspecified atom stereocenters. The maximum atomic E-state index is 8.60. The Morgan fingerprint density at radius 1 is 1.47 bits per heavy atom. The Morgan fingerprint density at radius 2 is 2.20 bits per heavy atom. The third-order valence-corrected chi connectivity index (χ3v) is 2.38. The molecule has 1 aliphatic heterocycles. The standard InChI is InChI=1S/C8H13BN2O4/c12-9(13)15-8-5-10-11(6-8)7-1-3-14-4-2-7/h5-7,12-13H,1-4H2. The molecule has 6 nitrogen and oxygen atoms in total. The Kier molecular flexibility index (Phi) is 3.25. The van der Waals surface area contributed by atoms with Crippen LogP contribution in [0.4, 0.5) is 0 Å². The quantitative estimate of drug-likeness (QED) is 0.665. The summed E-state index contributed by atoms with van der Waals surface area (Å²) < 4.78 is 11.7. The van der Waals surface area contributed by atoms with E-state index in [1.165, 1.54) is 6.20 Å². The van der Waals surface area contributed by atoms with E-state index in [2.05, 4.69) is 9.75 Å². The minimum atomic E-state index is -1.79. The van der Waals surface area contributed by atoms with Crippen molar-refractivity contribution in [2.45, 2.75) is 18.9 Å². The van der Waals surface area contributed by atoms with E-state index in [1.54, 1.807) is 10.9 Å². The Balaban J connectivity index is 1.99. The van der Waals surface area contributed by atoms with Crippen molar-refractivity contribution in [3.8, 4) is 5.75 Å². The molecule has 82 valence electrons. The summed E-state index contributed by atoms with van der Waals surface area (Å²) in [6.45, 7) is 1.48. The smallest absolute Gasteiger partial charge is 0.509 e. The minimum absolute atomic E-state index is 0.312. The van der Waals surface area contributed by atoms with Crippen LogP contribution in [0.25, 0.3) is 0 Å². The highest BCUT2D eigenvalue weighted by Crippen LogP contribution is 2.22. The monoisotopic (exact) mass is 212 g/mol. The molecule has 1 saturated heterocycles. The zero-order valence-electron chi connectivity index (χ0n) is 8.24. The van der Waals surface area contributed by atoms with Gasteiger partial charge in [0.25, 0.3) is 0 Å². The van der Waals surface area contributed by atoms with Crippen molar-refractivity contribution in [2.24, 2.45) is 0 Å². The van der Waals surface area contributed by atoms with Crippen molar-refractivity contribution < 1.29 is 19.4 Å². The van der Waals surface area contributed by atoms with Crippen LogP contribution in [0.3, 0.4) is 0 Å². The first kappa shape index (κ1) is 10.5. The number of ether oxygens (including phenoxy) is 1. The largest absolute Gasteiger partial charge is 0.707 e. The van der Waals surface area contributed by atoms with Gasteiger partial charge in [-0.25, -0.2) is 0 Å². The first-order valence-electron chi connectivity index (χ1n) is 4.90. The fourth-order valence-corrected chi connectivity index (χ4v) is 1.65. The molecule has 15 heavy (non-hydrogen) atoms. The Hall–Kier alpha value is -1.05. The summed E-state index contributed by atoms with van der Waals surface area (Å²) in [5, 5.41) is 21.3. The SMILES string of the molecule is OB(O)Oc1cnn(C2CCOCC2)c1. The van der Waals surface area contributed by atoms with Crippen molar-refractivity contribution in [3.63, 3.8) is 0 Å². The maximum Gasteiger partial charge on any atom is 0.707 e. The molecule has 1 aliphatic rings. The second-order valence-corrected chi connectivity index (χ2v) is 3.44. The van der Waals surface area contributed by atoms with Crippen molar-refractivity contribution in [1.82, 2.24) is 9.78 Å². The van der Waals surface area contributed by atoms with E-state index in [0.29, 0.717) is 11.8 Å². The lowest BCUT2D eigenvalue weighted by Crippen LogP contribution is -2.21. The molecule has 0 bridgehead atoms. The summed E-state index contributed by atoms with van der Waals surface area (Å²) in [6.07, 6.45) is 4.97. The van der Waals surface area contributed by atoms with Gasteiger partial charge in [0.2, 0.25) is 0 Å². The van der Waals surface area contributed by atoms with Gasteiger partial charge in [-0.2, -0.15) is 5.10 Å². The second-order valence-electron chi connectivity index (χ2n) is 3.44. The summed E-state index contributed by atoms with van der Waals surface area (Å²) in [6, 6.07) is 0.312. The molecular formula is C8H13BN2O4. The first-order valence-corrected chi connectivity index (χ1v) is 4.90. The molecule has 0 amide bonds. The van der Waals surface area contributed by atoms with Gasteiger partial charge in [-0.05, 0) is 12.8 Å². The molecule has 1 aromatic rings. The van der Waals surface area contributed by atoms with Crippen LogP contribution in [0.15, 0.2) is 12.4 Å². The number of hydrogen-bond donors (Lipinski definition) is 2. The summed E-state index contributed by atoms with van der Waals surface area (Å²) in [4.78, 5) is 0. The number of aromatic nitrogens is 2. The normalized spacial score (nSPS) is 17.7. The van der Waals surface area contributed by atoms with E-state index < -0.39 is 7.32 Å². The van der Waals surface area contributed by atoms with Gasteiger partial charge in [0.1, 0.15) is 5.75 Å². The van der Waals surface area contributed by atoms with Gasteiger partial charge >= 0.3 is 7.32 Å². The van der Waals surface area contributed by atoms with Crippen LogP contribution in [0.2, 0.25) is 0 Å². The van der Waals surface area contributed by atoms with Crippen LogP contribution in [0.5, 0.6) is 5.75 Å². The summed E-state index contributed by atoms with van der Waals surface area (Å²) in [7, 11) is -1.79. The molecule has 0 spiro atoms. The number of nitrogens with zero attached hydrogens (tertiary/aromatic N) is 2. The Bertz CT molecular complexity index is 311. The molecular weight excluding hydrogens is 199 g/mol. The van der Waals surface area contributed by atoms with Gasteiger partial charge in [0.05, 0.1) is 18.4 Å². The van der Waals surface area contributed by atoms with Gasteiger partial charge in [-0.3, -0.25) is 4.68 Å². The highest BCUT2D eigenvalue weighted by atomic mass is 16.6. The predicted octanol–water partition coefficient (Wildman–Crippen LogP) is -0.417. The molecule has 0 aliphatic carbocycles. The third-order valence-electron chi connectivity index (χ3n) is 2.38. The molecule has 2 rings (SSSR count). The van der Waals surface area contributed by atoms with E-state index in [-0.39, 0.29) is 0 Å². The Morgan fingerprint density at radius 3 is 2.87 bits per heavy atom. The predicted molar refractivity (Wildman–Crippen MR) is 52.1 cm³/mol. The van der Waals surface area contributed by atoms with E-state index >= 15 is 0 Å². The van der Waals surface area contributed by atoms with Gasteiger partial charge in [0, 0.05) is 13.2 Å². The fourth-order valence-electron chi connectivity index (χ4n) is 1.65. The van der Waals surface area contributed by atoms with Crippen molar-refractivity contribution in [2.75, 3.05) is 13.2 Å². The first-order chi connectivity index (χ1) is 7.25. The van der Waals surface area contributed by atoms with Crippen molar-refractivity contribution in [1.29, 1.82) is 0 Å². The van der Waals surface area contributed by atoms with Gasteiger partial charge in [-0.15, -0.1) is 0 Å². The van der Waals surface area contributed by atoms with Gasteiger partial charge in [-0.1, -0.05) is 0 Å². The number of rotatable bonds is 3. The topological polar surface area (TPSA) is 76.7 Å². The number of hydrogen-bond acceptors (Lipinski definition) is 5. The molecule has 1 fully saturated rings. The molecule has 0 atom stereocenters. The lowest BCUT2D eigenvalue weighted by atomic mass is 10.1. The lowest BCUT2D eigenvalue weighted by molar-refractivity contribution is 0.0662. The lowest BCUT2D eigenvalue weighted by Gasteiger charge is -2.22. The molecule has 0 saturated carbocycles. The zero-order valence-corrected chi connectivity index (χ0v) is 8.24. The second kappa shape index (κ2) is 4.65. The molecule has 0 radical (unpaired) electrons. The minimum Gasteiger partial charge on any atom is -0.509 e. The van der Waals surface area contributed by atoms with E-state index in [1.807, 2.05) is 0 Å². The average molecular weight is 212 g/mol. The fraction of sp³-hybridized carbons (Fsp3) is 0.625. The van der Waals surface area contributed by atoms with Gasteiger partial charge < -0.3 is 19.4 Å². The summed E-state index contributed by atoms with van der Waals surface area (Å²) in [5.74, 6) is 0.358. The molecule has 0 aromatic carbocycles. The molecule has 1 aromatic heterocycles. The van der Waals surface area contributed by atoms with E-state index in [9.17, 15) is 0 Å². The maximum absolute atomic E-state index is 8.60. The average Bonchev–Trinajstić information content (AvgIpc) is 2.67. The van der Waals surface area contributed by atoms with Crippen LogP contribution in [-0.2, 0) is 4.74 Å². The van der Waals surface area contributed by atoms with Crippen molar-refractivity contribution in [3.05, 3.63) is 12.4 Å². The highest BCUT2D eigenvalue weighted by molar-refractivity contribution is 6.33. The Labute approximate surface area is 87.6 Å². The third kappa shape index (κ3) is 2.71. The van der Waals surface area contributed by atoms with Crippen molar-refractivity contribution >= 4 is 7.32 Å². The van der Waals surface area contributed by atoms with Crippen LogP contribution in [0.1, 0.15) is 18.9 Å². The van der Waals surface area contributed by atoms with Gasteiger partial charge in [0.15, 0.2) is 0 Å².